The van der Waals surface area contributed by atoms with E-state index in [-0.39, 0.29) is 22.7 Å². The normalized spacial score (nSPS) is 22.9. The minimum absolute atomic E-state index is 0.229. The summed E-state index contributed by atoms with van der Waals surface area (Å²) in [5.74, 6) is -1.04. The van der Waals surface area contributed by atoms with E-state index in [1.165, 1.54) is 0 Å². The lowest BCUT2D eigenvalue weighted by atomic mass is 9.66. The zero-order valence-corrected chi connectivity index (χ0v) is 14.0. The molecule has 1 atom stereocenters. The Kier molecular flexibility index (Phi) is 4.29. The van der Waals surface area contributed by atoms with Gasteiger partial charge in [-0.05, 0) is 24.7 Å². The van der Waals surface area contributed by atoms with Crippen molar-refractivity contribution in [1.29, 1.82) is 0 Å². The molecule has 0 saturated carbocycles. The molecule has 1 heterocycles. The third-order valence-electron chi connectivity index (χ3n) is 3.54. The lowest BCUT2D eigenvalue weighted by Crippen LogP contribution is -2.42. The molecule has 4 nitrogen and oxygen atoms in total. The van der Waals surface area contributed by atoms with Crippen LogP contribution >= 0.6 is 0 Å². The molecular weight excluding hydrogens is 256 g/mol. The number of hydrogen-bond acceptors (Lipinski definition) is 4. The highest BCUT2D eigenvalue weighted by atomic mass is 16.6. The average molecular weight is 284 g/mol. The van der Waals surface area contributed by atoms with Crippen LogP contribution in [0, 0.1) is 16.7 Å². The van der Waals surface area contributed by atoms with Gasteiger partial charge in [0, 0.05) is 6.42 Å². The summed E-state index contributed by atoms with van der Waals surface area (Å²) < 4.78 is 10.7. The molecule has 116 valence electrons. The highest BCUT2D eigenvalue weighted by Crippen LogP contribution is 2.41. The maximum absolute atomic E-state index is 12.5. The molecule has 1 fully saturated rings. The van der Waals surface area contributed by atoms with Crippen LogP contribution < -0.4 is 0 Å². The topological polar surface area (TPSA) is 52.6 Å². The summed E-state index contributed by atoms with van der Waals surface area (Å²) in [6.07, 6.45) is -0.358. The number of cyclic esters (lactones) is 1. The Labute approximate surface area is 122 Å². The van der Waals surface area contributed by atoms with Crippen molar-refractivity contribution in [2.24, 2.45) is 16.7 Å². The third-order valence-corrected chi connectivity index (χ3v) is 3.54. The molecule has 0 aromatic rings. The maximum atomic E-state index is 12.5. The van der Waals surface area contributed by atoms with Crippen LogP contribution in [0.2, 0.25) is 0 Å². The summed E-state index contributed by atoms with van der Waals surface area (Å²) in [5.41, 5.74) is -1.01. The summed E-state index contributed by atoms with van der Waals surface area (Å²) in [4.78, 5) is 24.3. The van der Waals surface area contributed by atoms with Crippen LogP contribution in [0.4, 0.5) is 0 Å². The number of esters is 2. The quantitative estimate of drug-likeness (QED) is 0.730. The minimum Gasteiger partial charge on any atom is -0.457 e. The molecule has 0 aromatic carbocycles. The number of carbonyl (C=O) groups excluding carboxylic acids is 2. The fraction of sp³-hybridized carbons (Fsp3) is 0.875. The van der Waals surface area contributed by atoms with Gasteiger partial charge in [0.2, 0.25) is 6.10 Å². The van der Waals surface area contributed by atoms with Gasteiger partial charge in [-0.15, -0.1) is 0 Å². The zero-order chi connectivity index (χ0) is 15.9. The van der Waals surface area contributed by atoms with Gasteiger partial charge in [-0.1, -0.05) is 41.5 Å². The summed E-state index contributed by atoms with van der Waals surface area (Å²) >= 11 is 0. The first-order valence-corrected chi connectivity index (χ1v) is 7.17. The molecule has 20 heavy (non-hydrogen) atoms. The van der Waals surface area contributed by atoms with E-state index in [4.69, 9.17) is 9.47 Å². The van der Waals surface area contributed by atoms with Gasteiger partial charge in [-0.3, -0.25) is 4.79 Å². The number of hydrogen-bond donors (Lipinski definition) is 0. The van der Waals surface area contributed by atoms with Crippen molar-refractivity contribution < 1.29 is 19.1 Å². The predicted molar refractivity (Wildman–Crippen MR) is 77.1 cm³/mol. The predicted octanol–water partition coefficient (Wildman–Crippen LogP) is 3.33. The summed E-state index contributed by atoms with van der Waals surface area (Å²) in [7, 11) is 0. The second-order valence-electron chi connectivity index (χ2n) is 8.48. The SMILES string of the molecule is CC1(C)CC(OC(=O)C(C(C)(C)C)C(C)(C)C)C(=O)O1. The van der Waals surface area contributed by atoms with Crippen LogP contribution in [0.5, 0.6) is 0 Å². The van der Waals surface area contributed by atoms with Gasteiger partial charge in [-0.25, -0.2) is 4.79 Å². The fourth-order valence-electron chi connectivity index (χ4n) is 3.21. The van der Waals surface area contributed by atoms with Gasteiger partial charge >= 0.3 is 11.9 Å². The average Bonchev–Trinajstić information content (AvgIpc) is 2.33. The van der Waals surface area contributed by atoms with E-state index >= 15 is 0 Å². The number of ether oxygens (including phenoxy) is 2. The Balaban J connectivity index is 2.86. The van der Waals surface area contributed by atoms with Crippen LogP contribution in [0.25, 0.3) is 0 Å². The van der Waals surface area contributed by atoms with Crippen molar-refractivity contribution >= 4 is 11.9 Å². The van der Waals surface area contributed by atoms with Gasteiger partial charge in [-0.2, -0.15) is 0 Å². The largest absolute Gasteiger partial charge is 0.457 e. The smallest absolute Gasteiger partial charge is 0.348 e. The summed E-state index contributed by atoms with van der Waals surface area (Å²) in [6, 6.07) is 0. The summed E-state index contributed by atoms with van der Waals surface area (Å²) in [5, 5.41) is 0. The number of carbonyl (C=O) groups is 2. The Morgan fingerprint density at radius 2 is 1.65 bits per heavy atom. The first-order valence-electron chi connectivity index (χ1n) is 7.17. The van der Waals surface area contributed by atoms with Crippen LogP contribution in [-0.2, 0) is 19.1 Å². The van der Waals surface area contributed by atoms with Gasteiger partial charge in [0.1, 0.15) is 5.60 Å². The molecule has 1 unspecified atom stereocenters. The molecule has 4 heteroatoms. The molecule has 1 aliphatic rings. The minimum atomic E-state index is -0.773. The van der Waals surface area contributed by atoms with Crippen LogP contribution in [-0.4, -0.2) is 23.6 Å². The molecule has 1 rings (SSSR count). The van der Waals surface area contributed by atoms with Gasteiger partial charge in [0.15, 0.2) is 0 Å². The van der Waals surface area contributed by atoms with E-state index in [9.17, 15) is 9.59 Å². The van der Waals surface area contributed by atoms with E-state index < -0.39 is 17.7 Å². The summed E-state index contributed by atoms with van der Waals surface area (Å²) in [6.45, 7) is 15.7. The highest BCUT2D eigenvalue weighted by molar-refractivity contribution is 5.82. The standard InChI is InChI=1S/C16H28O4/c1-14(2,3)11(15(4,5)6)13(18)19-10-9-16(7,8)20-12(10)17/h10-11H,9H2,1-8H3. The van der Waals surface area contributed by atoms with E-state index in [0.717, 1.165) is 0 Å². The van der Waals surface area contributed by atoms with E-state index in [1.807, 2.05) is 55.4 Å². The molecule has 0 aliphatic carbocycles. The van der Waals surface area contributed by atoms with E-state index in [0.29, 0.717) is 6.42 Å². The van der Waals surface area contributed by atoms with Crippen molar-refractivity contribution in [2.45, 2.75) is 73.5 Å². The Morgan fingerprint density at radius 1 is 1.20 bits per heavy atom. The van der Waals surface area contributed by atoms with Crippen molar-refractivity contribution in [2.75, 3.05) is 0 Å². The monoisotopic (exact) mass is 284 g/mol. The van der Waals surface area contributed by atoms with E-state index in [2.05, 4.69) is 0 Å². The van der Waals surface area contributed by atoms with Gasteiger partial charge in [0.05, 0.1) is 5.92 Å². The molecule has 1 aliphatic heterocycles. The second kappa shape index (κ2) is 5.05. The third kappa shape index (κ3) is 3.97. The van der Waals surface area contributed by atoms with Crippen molar-refractivity contribution in [3.05, 3.63) is 0 Å². The van der Waals surface area contributed by atoms with Crippen LogP contribution in [0.15, 0.2) is 0 Å². The van der Waals surface area contributed by atoms with Crippen molar-refractivity contribution in [1.82, 2.24) is 0 Å². The highest BCUT2D eigenvalue weighted by Gasteiger charge is 2.47. The first kappa shape index (κ1) is 17.0. The molecule has 1 saturated heterocycles. The van der Waals surface area contributed by atoms with Crippen molar-refractivity contribution in [3.63, 3.8) is 0 Å². The van der Waals surface area contributed by atoms with E-state index in [1.54, 1.807) is 0 Å². The Morgan fingerprint density at radius 3 is 1.95 bits per heavy atom. The molecule has 0 N–H and O–H groups in total. The molecule has 0 bridgehead atoms. The first-order chi connectivity index (χ1) is 8.74. The Bertz CT molecular complexity index is 382. The molecule has 0 spiro atoms. The maximum Gasteiger partial charge on any atom is 0.348 e. The lowest BCUT2D eigenvalue weighted by Gasteiger charge is -2.38. The van der Waals surface area contributed by atoms with Crippen LogP contribution in [0.1, 0.15) is 61.8 Å². The zero-order valence-electron chi connectivity index (χ0n) is 14.0. The molecule has 0 radical (unpaired) electrons. The van der Waals surface area contributed by atoms with Gasteiger partial charge < -0.3 is 9.47 Å². The molecule has 0 amide bonds. The molecular formula is C16H28O4. The number of rotatable bonds is 2. The second-order valence-corrected chi connectivity index (χ2v) is 8.48. The van der Waals surface area contributed by atoms with Crippen molar-refractivity contribution in [3.8, 4) is 0 Å². The van der Waals surface area contributed by atoms with Crippen LogP contribution in [0.3, 0.4) is 0 Å². The van der Waals surface area contributed by atoms with Gasteiger partial charge in [0.25, 0.3) is 0 Å². The molecule has 0 aromatic heterocycles. The fourth-order valence-corrected chi connectivity index (χ4v) is 3.21. The Hall–Kier alpha value is -1.06. The lowest BCUT2D eigenvalue weighted by molar-refractivity contribution is -0.170.